The predicted molar refractivity (Wildman–Crippen MR) is 173 cm³/mol. The molecule has 0 unspecified atom stereocenters. The fraction of sp³-hybridized carbons (Fsp3) is 0.586. The molecule has 0 N–H and O–H groups in total. The van der Waals surface area contributed by atoms with Crippen molar-refractivity contribution in [2.24, 2.45) is 0 Å². The van der Waals surface area contributed by atoms with E-state index in [0.29, 0.717) is 0 Å². The second-order valence-corrected chi connectivity index (χ2v) is 25.5. The molecule has 0 aliphatic heterocycles. The molecule has 0 fully saturated rings. The lowest BCUT2D eigenvalue weighted by Gasteiger charge is -2.53. The van der Waals surface area contributed by atoms with E-state index in [1.807, 2.05) is 0 Å². The molecule has 42 heavy (non-hydrogen) atoms. The average molecular weight is 663 g/mol. The van der Waals surface area contributed by atoms with Gasteiger partial charge in [-0.3, -0.25) is 0 Å². The fourth-order valence-corrected chi connectivity index (χ4v) is 15.7. The lowest BCUT2D eigenvalue weighted by atomic mass is 10.0. The Morgan fingerprint density at radius 3 is 1.24 bits per heavy atom. The summed E-state index contributed by atoms with van der Waals surface area (Å²) in [6.07, 6.45) is 1.96. The number of benzene rings is 2. The molecule has 0 aliphatic carbocycles. The smallest absolute Gasteiger partial charge is 0.391 e. The van der Waals surface area contributed by atoms with E-state index < -0.39 is 41.6 Å². The standard InChI is InChI=1S/C24H36O2Si.C5H14O7S2Si/c1-19(2)25-27(26-20(3)4,23(5,6)21-15-11-9-12-16-21)24(7,8)22-17-13-10-14-18-22;1-10-15(11-2,14(4,8)9)12-5-13(3,6)7/h9-20H,1-8H3;5H2,1-4H3. The lowest BCUT2D eigenvalue weighted by molar-refractivity contribution is 0.0687. The van der Waals surface area contributed by atoms with Crippen LogP contribution in [0.1, 0.15) is 66.5 Å². The zero-order valence-corrected chi connectivity index (χ0v) is 30.8. The number of hydrogen-bond acceptors (Lipinski definition) is 9. The Morgan fingerprint density at radius 1 is 0.667 bits per heavy atom. The molecule has 2 aromatic rings. The summed E-state index contributed by atoms with van der Waals surface area (Å²) in [5.41, 5.74) is 2.53. The van der Waals surface area contributed by atoms with Crippen molar-refractivity contribution >= 4 is 35.6 Å². The first-order valence-corrected chi connectivity index (χ1v) is 21.9. The highest BCUT2D eigenvalue weighted by molar-refractivity contribution is 8.19. The second-order valence-electron chi connectivity index (χ2n) is 11.8. The van der Waals surface area contributed by atoms with Crippen molar-refractivity contribution in [2.75, 3.05) is 32.7 Å². The van der Waals surface area contributed by atoms with Gasteiger partial charge in [-0.15, -0.1) is 0 Å². The van der Waals surface area contributed by atoms with Gasteiger partial charge in [0.25, 0.3) is 0 Å². The Labute approximate surface area is 256 Å². The van der Waals surface area contributed by atoms with Gasteiger partial charge in [0.15, 0.2) is 9.84 Å². The summed E-state index contributed by atoms with van der Waals surface area (Å²) < 4.78 is 72.3. The minimum atomic E-state index is -3.96. The van der Waals surface area contributed by atoms with E-state index >= 15 is 0 Å². The van der Waals surface area contributed by atoms with Gasteiger partial charge in [0.2, 0.25) is 9.29 Å². The number of rotatable bonds is 14. The second kappa shape index (κ2) is 15.0. The molecule has 0 heterocycles. The van der Waals surface area contributed by atoms with Crippen LogP contribution >= 0.6 is 0 Å². The summed E-state index contributed by atoms with van der Waals surface area (Å²) >= 11 is 0. The van der Waals surface area contributed by atoms with Gasteiger partial charge < -0.3 is 22.1 Å². The maximum atomic E-state index is 11.3. The maximum absolute atomic E-state index is 11.3. The first kappa shape index (κ1) is 38.6. The van der Waals surface area contributed by atoms with Crippen LogP contribution in [0, 0.1) is 0 Å². The summed E-state index contributed by atoms with van der Waals surface area (Å²) in [5, 5.41) is -0.496. The molecule has 9 nitrogen and oxygen atoms in total. The van der Waals surface area contributed by atoms with Crippen LogP contribution in [-0.4, -0.2) is 78.2 Å². The quantitative estimate of drug-likeness (QED) is 0.255. The van der Waals surface area contributed by atoms with Crippen LogP contribution in [0.2, 0.25) is 0 Å². The molecular weight excluding hydrogens is 613 g/mol. The Morgan fingerprint density at radius 2 is 1.00 bits per heavy atom. The first-order chi connectivity index (χ1) is 19.1. The van der Waals surface area contributed by atoms with Crippen LogP contribution in [0.3, 0.4) is 0 Å². The SMILES string of the molecule is CC(C)O[Si](OC(C)C)(C(C)(C)c1ccccc1)C(C)(C)c1ccccc1.CO[Si](OC)(OCS(C)(=O)=O)S(C)(=O)=O. The monoisotopic (exact) mass is 662 g/mol. The van der Waals surface area contributed by atoms with Crippen LogP contribution in [0.25, 0.3) is 0 Å². The van der Waals surface area contributed by atoms with Crippen LogP contribution in [0.4, 0.5) is 0 Å². The Hall–Kier alpha value is -1.43. The largest absolute Gasteiger partial charge is 0.634 e. The highest BCUT2D eigenvalue weighted by atomic mass is 32.4. The summed E-state index contributed by atoms with van der Waals surface area (Å²) in [5.74, 6) is -0.756. The lowest BCUT2D eigenvalue weighted by Crippen LogP contribution is -2.70. The summed E-state index contributed by atoms with van der Waals surface area (Å²) in [7, 11) is -11.8. The molecule has 240 valence electrons. The van der Waals surface area contributed by atoms with Crippen LogP contribution in [-0.2, 0) is 51.3 Å². The molecule has 0 amide bonds. The third-order valence-corrected chi connectivity index (χ3v) is 19.6. The molecular formula is C29H50O9S2Si2. The molecule has 13 heteroatoms. The van der Waals surface area contributed by atoms with Crippen molar-refractivity contribution in [3.8, 4) is 0 Å². The molecule has 0 saturated carbocycles. The van der Waals surface area contributed by atoms with E-state index in [9.17, 15) is 16.8 Å². The van der Waals surface area contributed by atoms with Crippen molar-refractivity contribution in [2.45, 2.75) is 77.7 Å². The van der Waals surface area contributed by atoms with Crippen molar-refractivity contribution in [1.29, 1.82) is 0 Å². The summed E-state index contributed by atoms with van der Waals surface area (Å²) in [6.45, 7) is 17.7. The first-order valence-electron chi connectivity index (χ1n) is 13.7. The molecule has 0 bridgehead atoms. The number of sulfone groups is 1. The van der Waals surface area contributed by atoms with Gasteiger partial charge >= 0.3 is 16.5 Å². The Balaban J connectivity index is 0.000000501. The minimum absolute atomic E-state index is 0.0846. The van der Waals surface area contributed by atoms with Crippen LogP contribution in [0.5, 0.6) is 0 Å². The van der Waals surface area contributed by atoms with Gasteiger partial charge in [-0.05, 0) is 38.8 Å². The fourth-order valence-electron chi connectivity index (χ4n) is 4.94. The third kappa shape index (κ3) is 9.29. The van der Waals surface area contributed by atoms with Crippen molar-refractivity contribution in [3.63, 3.8) is 0 Å². The zero-order valence-electron chi connectivity index (χ0n) is 27.1. The van der Waals surface area contributed by atoms with Crippen molar-refractivity contribution in [3.05, 3.63) is 71.8 Å². The molecule has 0 atom stereocenters. The Kier molecular flexibility index (Phi) is 13.8. The van der Waals surface area contributed by atoms with E-state index in [4.69, 9.17) is 13.3 Å². The molecule has 0 aromatic heterocycles. The van der Waals surface area contributed by atoms with Crippen molar-refractivity contribution < 1.29 is 39.0 Å². The van der Waals surface area contributed by atoms with Gasteiger partial charge in [0.1, 0.15) is 5.94 Å². The zero-order chi connectivity index (χ0) is 32.6. The highest BCUT2D eigenvalue weighted by Crippen LogP contribution is 2.48. The summed E-state index contributed by atoms with van der Waals surface area (Å²) in [4.78, 5) is 0. The van der Waals surface area contributed by atoms with Crippen molar-refractivity contribution in [1.82, 2.24) is 0 Å². The molecule has 0 radical (unpaired) electrons. The van der Waals surface area contributed by atoms with E-state index in [1.54, 1.807) is 0 Å². The van der Waals surface area contributed by atoms with Crippen LogP contribution < -0.4 is 0 Å². The summed E-state index contributed by atoms with van der Waals surface area (Å²) in [6, 6.07) is 21.4. The molecule has 0 spiro atoms. The minimum Gasteiger partial charge on any atom is -0.391 e. The van der Waals surface area contributed by atoms with E-state index in [-0.39, 0.29) is 22.3 Å². The number of hydrogen-bond donors (Lipinski definition) is 0. The Bertz CT molecular complexity index is 1250. The average Bonchev–Trinajstić information content (AvgIpc) is 2.88. The predicted octanol–water partition coefficient (Wildman–Crippen LogP) is 5.09. The topological polar surface area (TPSA) is 114 Å². The molecule has 2 aromatic carbocycles. The van der Waals surface area contributed by atoms with E-state index in [1.165, 1.54) is 11.1 Å². The third-order valence-electron chi connectivity index (χ3n) is 6.84. The normalized spacial score (nSPS) is 13.7. The maximum Gasteiger partial charge on any atom is 0.634 e. The molecule has 0 aliphatic rings. The molecule has 0 saturated heterocycles. The highest BCUT2D eigenvalue weighted by Gasteiger charge is 2.64. The van der Waals surface area contributed by atoms with Gasteiger partial charge in [0, 0.05) is 49.0 Å². The van der Waals surface area contributed by atoms with Crippen LogP contribution in [0.15, 0.2) is 60.7 Å². The van der Waals surface area contributed by atoms with E-state index in [2.05, 4.69) is 125 Å². The van der Waals surface area contributed by atoms with Gasteiger partial charge in [0.05, 0.1) is 0 Å². The van der Waals surface area contributed by atoms with Gasteiger partial charge in [-0.1, -0.05) is 88.4 Å². The van der Waals surface area contributed by atoms with Gasteiger partial charge in [-0.25, -0.2) is 16.8 Å². The van der Waals surface area contributed by atoms with E-state index in [0.717, 1.165) is 26.7 Å². The molecule has 2 rings (SSSR count). The van der Waals surface area contributed by atoms with Gasteiger partial charge in [-0.2, -0.15) is 0 Å².